The second-order valence-corrected chi connectivity index (χ2v) is 6.09. The molecule has 4 aromatic rings. The van der Waals surface area contributed by atoms with E-state index in [1.54, 1.807) is 23.9 Å². The van der Waals surface area contributed by atoms with Crippen LogP contribution in [0.5, 0.6) is 0 Å². The fraction of sp³-hybridized carbons (Fsp3) is 0.105. The summed E-state index contributed by atoms with van der Waals surface area (Å²) in [5.74, 6) is -0.783. The second-order valence-electron chi connectivity index (χ2n) is 6.09. The maximum atomic E-state index is 13.0. The second kappa shape index (κ2) is 5.80. The zero-order valence-corrected chi connectivity index (χ0v) is 14.2. The number of aromatic nitrogens is 3. The maximum Gasteiger partial charge on any atom is 0.272 e. The minimum atomic E-state index is -0.401. The van der Waals surface area contributed by atoms with Crippen LogP contribution in [0.2, 0.25) is 0 Å². The van der Waals surface area contributed by atoms with Crippen molar-refractivity contribution in [2.75, 3.05) is 5.32 Å². The number of anilines is 1. The highest BCUT2D eigenvalue weighted by atomic mass is 19.1. The molecule has 130 valence electrons. The van der Waals surface area contributed by atoms with Gasteiger partial charge in [-0.1, -0.05) is 6.07 Å². The quantitative estimate of drug-likeness (QED) is 0.604. The molecule has 3 aromatic heterocycles. The first-order valence-electron chi connectivity index (χ1n) is 8.00. The number of carbonyl (C=O) groups is 1. The summed E-state index contributed by atoms with van der Waals surface area (Å²) in [6, 6.07) is 10.7. The Balaban J connectivity index is 1.85. The van der Waals surface area contributed by atoms with Crippen LogP contribution in [0.3, 0.4) is 0 Å². The van der Waals surface area contributed by atoms with Crippen molar-refractivity contribution < 1.29 is 9.18 Å². The fourth-order valence-corrected chi connectivity index (χ4v) is 2.98. The van der Waals surface area contributed by atoms with Crippen molar-refractivity contribution in [3.8, 4) is 0 Å². The van der Waals surface area contributed by atoms with Crippen LogP contribution in [0.25, 0.3) is 16.7 Å². The molecule has 7 heteroatoms. The Morgan fingerprint density at radius 3 is 2.62 bits per heavy atom. The molecule has 0 radical (unpaired) electrons. The van der Waals surface area contributed by atoms with E-state index < -0.39 is 5.91 Å². The third-order valence-electron chi connectivity index (χ3n) is 4.36. The number of carbonyl (C=O) groups excluding carboxylic acids is 1. The van der Waals surface area contributed by atoms with E-state index in [2.05, 4.69) is 10.3 Å². The molecule has 0 aliphatic carbocycles. The number of pyridine rings is 1. The van der Waals surface area contributed by atoms with E-state index in [0.29, 0.717) is 28.1 Å². The van der Waals surface area contributed by atoms with Crippen LogP contribution < -0.4 is 10.9 Å². The summed E-state index contributed by atoms with van der Waals surface area (Å²) in [5, 5.41) is 3.06. The average Bonchev–Trinajstić information content (AvgIpc) is 2.96. The van der Waals surface area contributed by atoms with Gasteiger partial charge in [-0.15, -0.1) is 0 Å². The van der Waals surface area contributed by atoms with Gasteiger partial charge in [-0.25, -0.2) is 9.37 Å². The Morgan fingerprint density at radius 2 is 1.88 bits per heavy atom. The first-order chi connectivity index (χ1) is 12.5. The lowest BCUT2D eigenvalue weighted by atomic mass is 10.2. The third kappa shape index (κ3) is 2.45. The highest BCUT2D eigenvalue weighted by Gasteiger charge is 2.18. The van der Waals surface area contributed by atoms with Crippen LogP contribution in [0.1, 0.15) is 16.1 Å². The Labute approximate surface area is 147 Å². The van der Waals surface area contributed by atoms with Crippen molar-refractivity contribution in [2.45, 2.75) is 6.92 Å². The van der Waals surface area contributed by atoms with E-state index in [1.165, 1.54) is 34.7 Å². The molecule has 0 unspecified atom stereocenters. The van der Waals surface area contributed by atoms with E-state index in [-0.39, 0.29) is 11.4 Å². The average molecular weight is 350 g/mol. The lowest BCUT2D eigenvalue weighted by Crippen LogP contribution is -2.16. The molecule has 0 fully saturated rings. The van der Waals surface area contributed by atoms with Crippen LogP contribution in [-0.4, -0.2) is 19.9 Å². The molecule has 4 rings (SSSR count). The first kappa shape index (κ1) is 16.0. The smallest absolute Gasteiger partial charge is 0.272 e. The molecule has 0 bridgehead atoms. The van der Waals surface area contributed by atoms with Crippen molar-refractivity contribution >= 4 is 28.3 Å². The molecule has 0 aliphatic heterocycles. The van der Waals surface area contributed by atoms with Gasteiger partial charge in [0.1, 0.15) is 22.8 Å². The SMILES string of the molecule is Cc1cccn2c(=O)c3cc(C(=O)Nc4ccc(F)cc4)n(C)c3nc12. The molecule has 1 aromatic carbocycles. The van der Waals surface area contributed by atoms with Crippen molar-refractivity contribution in [2.24, 2.45) is 7.05 Å². The molecule has 0 spiro atoms. The molecular weight excluding hydrogens is 335 g/mol. The van der Waals surface area contributed by atoms with E-state index >= 15 is 0 Å². The van der Waals surface area contributed by atoms with Gasteiger partial charge < -0.3 is 9.88 Å². The normalized spacial score (nSPS) is 11.2. The number of aryl methyl sites for hydroxylation is 2. The monoisotopic (exact) mass is 350 g/mol. The predicted octanol–water partition coefficient (Wildman–Crippen LogP) is 2.89. The number of nitrogens with zero attached hydrogens (tertiary/aromatic N) is 3. The Kier molecular flexibility index (Phi) is 3.57. The molecule has 0 aliphatic rings. The first-order valence-corrected chi connectivity index (χ1v) is 8.00. The minimum absolute atomic E-state index is 0.231. The van der Waals surface area contributed by atoms with Gasteiger partial charge in [-0.05, 0) is 48.9 Å². The van der Waals surface area contributed by atoms with E-state index in [9.17, 15) is 14.0 Å². The van der Waals surface area contributed by atoms with Crippen molar-refractivity contribution in [1.82, 2.24) is 14.0 Å². The molecular formula is C19H15FN4O2. The Morgan fingerprint density at radius 1 is 1.15 bits per heavy atom. The lowest BCUT2D eigenvalue weighted by molar-refractivity contribution is 0.101. The van der Waals surface area contributed by atoms with Crippen molar-refractivity contribution in [1.29, 1.82) is 0 Å². The van der Waals surface area contributed by atoms with Gasteiger partial charge in [0, 0.05) is 18.9 Å². The van der Waals surface area contributed by atoms with Crippen LogP contribution in [0, 0.1) is 12.7 Å². The number of amides is 1. The number of nitrogens with one attached hydrogen (secondary N) is 1. The summed E-state index contributed by atoms with van der Waals surface area (Å²) in [6.07, 6.45) is 1.66. The highest BCUT2D eigenvalue weighted by Crippen LogP contribution is 2.18. The van der Waals surface area contributed by atoms with Gasteiger partial charge in [-0.3, -0.25) is 14.0 Å². The number of benzene rings is 1. The van der Waals surface area contributed by atoms with Gasteiger partial charge in [0.2, 0.25) is 0 Å². The minimum Gasteiger partial charge on any atom is -0.324 e. The van der Waals surface area contributed by atoms with E-state index in [4.69, 9.17) is 0 Å². The maximum absolute atomic E-state index is 13.0. The predicted molar refractivity (Wildman–Crippen MR) is 97.0 cm³/mol. The topological polar surface area (TPSA) is 68.4 Å². The van der Waals surface area contributed by atoms with E-state index in [1.807, 2.05) is 13.0 Å². The van der Waals surface area contributed by atoms with Crippen molar-refractivity contribution in [3.05, 3.63) is 76.1 Å². The zero-order valence-electron chi connectivity index (χ0n) is 14.2. The Bertz CT molecular complexity index is 1220. The van der Waals surface area contributed by atoms with Crippen LogP contribution in [0.15, 0.2) is 53.5 Å². The molecule has 1 amide bonds. The summed E-state index contributed by atoms with van der Waals surface area (Å²) in [4.78, 5) is 29.9. The van der Waals surface area contributed by atoms with Gasteiger partial charge >= 0.3 is 0 Å². The van der Waals surface area contributed by atoms with Crippen LogP contribution in [-0.2, 0) is 7.05 Å². The van der Waals surface area contributed by atoms with Gasteiger partial charge in [0.25, 0.3) is 11.5 Å². The van der Waals surface area contributed by atoms with Gasteiger partial charge in [0.05, 0.1) is 5.39 Å². The van der Waals surface area contributed by atoms with E-state index in [0.717, 1.165) is 5.56 Å². The number of rotatable bonds is 2. The van der Waals surface area contributed by atoms with Gasteiger partial charge in [-0.2, -0.15) is 0 Å². The number of fused-ring (bicyclic) bond motifs is 2. The number of hydrogen-bond donors (Lipinski definition) is 1. The molecule has 3 heterocycles. The summed E-state index contributed by atoms with van der Waals surface area (Å²) >= 11 is 0. The third-order valence-corrected chi connectivity index (χ3v) is 4.36. The molecule has 0 saturated carbocycles. The zero-order chi connectivity index (χ0) is 18.4. The summed E-state index contributed by atoms with van der Waals surface area (Å²) < 4.78 is 16.1. The van der Waals surface area contributed by atoms with Crippen molar-refractivity contribution in [3.63, 3.8) is 0 Å². The summed E-state index contributed by atoms with van der Waals surface area (Å²) in [7, 11) is 1.68. The molecule has 1 N–H and O–H groups in total. The summed E-state index contributed by atoms with van der Waals surface area (Å²) in [6.45, 7) is 1.87. The number of halogens is 1. The molecule has 0 atom stereocenters. The van der Waals surface area contributed by atoms with Crippen LogP contribution in [0.4, 0.5) is 10.1 Å². The molecule has 6 nitrogen and oxygen atoms in total. The fourth-order valence-electron chi connectivity index (χ4n) is 2.98. The Hall–Kier alpha value is -3.48. The number of hydrogen-bond acceptors (Lipinski definition) is 3. The molecule has 0 saturated heterocycles. The molecule has 26 heavy (non-hydrogen) atoms. The largest absolute Gasteiger partial charge is 0.324 e. The van der Waals surface area contributed by atoms with Crippen LogP contribution >= 0.6 is 0 Å². The van der Waals surface area contributed by atoms with Gasteiger partial charge in [0.15, 0.2) is 0 Å². The lowest BCUT2D eigenvalue weighted by Gasteiger charge is -2.07. The highest BCUT2D eigenvalue weighted by molar-refractivity contribution is 6.06. The standard InChI is InChI=1S/C19H15FN4O2/c1-11-4-3-9-24-16(11)22-17-14(19(24)26)10-15(23(17)2)18(25)21-13-7-5-12(20)6-8-13/h3-10H,1-2H3,(H,21,25). The summed E-state index contributed by atoms with van der Waals surface area (Å²) in [5.41, 5.74) is 2.38.